The molecular weight excluding hydrogens is 323 g/mol. The second-order valence-electron chi connectivity index (χ2n) is 4.13. The zero-order valence-electron chi connectivity index (χ0n) is 10.9. The van der Waals surface area contributed by atoms with Gasteiger partial charge in [-0.1, -0.05) is 11.6 Å². The molecule has 0 aliphatic rings. The van der Waals surface area contributed by atoms with E-state index in [1.165, 1.54) is 36.7 Å². The van der Waals surface area contributed by atoms with Crippen LogP contribution in [0.4, 0.5) is 18.9 Å². The standard InChI is InChI=1S/C13H9ClF3N3O2/c14-9-1-2-10(11(5-9)22-7-13(15,16)17)20-12(21)8-3-4-18-19-6-8/h1-6H,7H2,(H,20,21). The number of amides is 1. The van der Waals surface area contributed by atoms with Gasteiger partial charge in [-0.25, -0.2) is 0 Å². The molecule has 2 rings (SSSR count). The van der Waals surface area contributed by atoms with E-state index in [1.54, 1.807) is 0 Å². The molecule has 1 N–H and O–H groups in total. The molecule has 0 fully saturated rings. The van der Waals surface area contributed by atoms with Crippen LogP contribution >= 0.6 is 11.6 Å². The summed E-state index contributed by atoms with van der Waals surface area (Å²) < 4.78 is 41.4. The first-order valence-corrected chi connectivity index (χ1v) is 6.30. The second kappa shape index (κ2) is 6.61. The van der Waals surface area contributed by atoms with Crippen LogP contribution in [0.5, 0.6) is 5.75 Å². The van der Waals surface area contributed by atoms with Crippen molar-refractivity contribution in [2.75, 3.05) is 11.9 Å². The summed E-state index contributed by atoms with van der Waals surface area (Å²) in [6.07, 6.45) is -1.96. The van der Waals surface area contributed by atoms with Crippen molar-refractivity contribution >= 4 is 23.2 Å². The van der Waals surface area contributed by atoms with E-state index in [1.807, 2.05) is 0 Å². The highest BCUT2D eigenvalue weighted by atomic mass is 35.5. The minimum Gasteiger partial charge on any atom is -0.482 e. The molecule has 1 aromatic carbocycles. The maximum absolute atomic E-state index is 12.2. The maximum Gasteiger partial charge on any atom is 0.422 e. The quantitative estimate of drug-likeness (QED) is 0.933. The fraction of sp³-hybridized carbons (Fsp3) is 0.154. The number of anilines is 1. The van der Waals surface area contributed by atoms with Crippen molar-refractivity contribution in [1.82, 2.24) is 10.2 Å². The van der Waals surface area contributed by atoms with E-state index in [-0.39, 0.29) is 22.0 Å². The van der Waals surface area contributed by atoms with Crippen LogP contribution in [0.3, 0.4) is 0 Å². The lowest BCUT2D eigenvalue weighted by molar-refractivity contribution is -0.153. The van der Waals surface area contributed by atoms with Gasteiger partial charge in [-0.05, 0) is 18.2 Å². The molecule has 0 saturated carbocycles. The summed E-state index contributed by atoms with van der Waals surface area (Å²) in [5.74, 6) is -0.741. The molecule has 2 aromatic rings. The van der Waals surface area contributed by atoms with Gasteiger partial charge in [0.25, 0.3) is 5.91 Å². The van der Waals surface area contributed by atoms with Crippen LogP contribution in [-0.2, 0) is 0 Å². The Morgan fingerprint density at radius 1 is 1.27 bits per heavy atom. The van der Waals surface area contributed by atoms with Crippen LogP contribution in [0, 0.1) is 0 Å². The number of carbonyl (C=O) groups excluding carboxylic acids is 1. The van der Waals surface area contributed by atoms with Crippen molar-refractivity contribution in [3.05, 3.63) is 47.2 Å². The Morgan fingerprint density at radius 2 is 2.05 bits per heavy atom. The number of ether oxygens (including phenoxy) is 1. The summed E-state index contributed by atoms with van der Waals surface area (Å²) >= 11 is 5.73. The van der Waals surface area contributed by atoms with Crippen LogP contribution in [0.2, 0.25) is 5.02 Å². The third-order valence-electron chi connectivity index (χ3n) is 2.43. The summed E-state index contributed by atoms with van der Waals surface area (Å²) in [6, 6.07) is 5.37. The highest BCUT2D eigenvalue weighted by Gasteiger charge is 2.29. The number of carbonyl (C=O) groups is 1. The van der Waals surface area contributed by atoms with Gasteiger partial charge in [0.1, 0.15) is 5.75 Å². The SMILES string of the molecule is O=C(Nc1ccc(Cl)cc1OCC(F)(F)F)c1ccnnc1. The van der Waals surface area contributed by atoms with E-state index in [4.69, 9.17) is 11.6 Å². The number of rotatable bonds is 4. The van der Waals surface area contributed by atoms with Crippen molar-refractivity contribution in [3.8, 4) is 5.75 Å². The number of aromatic nitrogens is 2. The molecule has 0 radical (unpaired) electrons. The summed E-state index contributed by atoms with van der Waals surface area (Å²) in [5, 5.41) is 9.68. The summed E-state index contributed by atoms with van der Waals surface area (Å²) in [5.41, 5.74) is 0.266. The zero-order chi connectivity index (χ0) is 16.2. The normalized spacial score (nSPS) is 11.1. The highest BCUT2D eigenvalue weighted by molar-refractivity contribution is 6.30. The molecule has 0 bridgehead atoms. The topological polar surface area (TPSA) is 64.1 Å². The van der Waals surface area contributed by atoms with Crippen LogP contribution < -0.4 is 10.1 Å². The minimum absolute atomic E-state index is 0.0652. The Balaban J connectivity index is 2.18. The van der Waals surface area contributed by atoms with E-state index >= 15 is 0 Å². The Labute approximate surface area is 128 Å². The van der Waals surface area contributed by atoms with Gasteiger partial charge in [-0.3, -0.25) is 4.79 Å². The number of halogens is 4. The third-order valence-corrected chi connectivity index (χ3v) is 2.66. The minimum atomic E-state index is -4.50. The van der Waals surface area contributed by atoms with Crippen molar-refractivity contribution in [3.63, 3.8) is 0 Å². The largest absolute Gasteiger partial charge is 0.482 e. The van der Waals surface area contributed by atoms with Gasteiger partial charge < -0.3 is 10.1 Å². The third kappa shape index (κ3) is 4.59. The first kappa shape index (κ1) is 16.0. The number of alkyl halides is 3. The van der Waals surface area contributed by atoms with E-state index < -0.39 is 18.7 Å². The molecule has 0 saturated heterocycles. The molecule has 116 valence electrons. The Bertz CT molecular complexity index is 665. The number of benzene rings is 1. The Hall–Kier alpha value is -2.35. The Morgan fingerprint density at radius 3 is 2.68 bits per heavy atom. The molecule has 0 aliphatic heterocycles. The van der Waals surface area contributed by atoms with Gasteiger partial charge in [0.15, 0.2) is 6.61 Å². The van der Waals surface area contributed by atoms with E-state index in [0.717, 1.165) is 0 Å². The molecule has 5 nitrogen and oxygen atoms in total. The van der Waals surface area contributed by atoms with Crippen molar-refractivity contribution < 1.29 is 22.7 Å². The summed E-state index contributed by atoms with van der Waals surface area (Å²) in [6.45, 7) is -1.49. The predicted octanol–water partition coefficient (Wildman–Crippen LogP) is 3.32. The Kier molecular flexibility index (Phi) is 4.81. The van der Waals surface area contributed by atoms with Crippen molar-refractivity contribution in [2.24, 2.45) is 0 Å². The van der Waals surface area contributed by atoms with E-state index in [9.17, 15) is 18.0 Å². The number of hydrogen-bond donors (Lipinski definition) is 1. The molecule has 0 atom stereocenters. The molecule has 22 heavy (non-hydrogen) atoms. The zero-order valence-corrected chi connectivity index (χ0v) is 11.6. The lowest BCUT2D eigenvalue weighted by Gasteiger charge is -2.14. The monoisotopic (exact) mass is 331 g/mol. The average molecular weight is 332 g/mol. The van der Waals surface area contributed by atoms with Gasteiger partial charge in [-0.2, -0.15) is 23.4 Å². The van der Waals surface area contributed by atoms with Gasteiger partial charge in [0.05, 0.1) is 23.6 Å². The molecule has 1 heterocycles. The number of nitrogens with one attached hydrogen (secondary N) is 1. The second-order valence-corrected chi connectivity index (χ2v) is 4.57. The van der Waals surface area contributed by atoms with Crippen molar-refractivity contribution in [1.29, 1.82) is 0 Å². The average Bonchev–Trinajstić information content (AvgIpc) is 2.47. The van der Waals surface area contributed by atoms with E-state index in [0.29, 0.717) is 0 Å². The highest BCUT2D eigenvalue weighted by Crippen LogP contribution is 2.30. The summed E-state index contributed by atoms with van der Waals surface area (Å²) in [4.78, 5) is 12.0. The first-order valence-electron chi connectivity index (χ1n) is 5.92. The number of hydrogen-bond acceptors (Lipinski definition) is 4. The van der Waals surface area contributed by atoms with Crippen LogP contribution in [-0.4, -0.2) is 28.9 Å². The lowest BCUT2D eigenvalue weighted by atomic mass is 10.2. The molecular formula is C13H9ClF3N3O2. The molecule has 1 aromatic heterocycles. The van der Waals surface area contributed by atoms with Crippen LogP contribution in [0.25, 0.3) is 0 Å². The van der Waals surface area contributed by atoms with Gasteiger partial charge in [-0.15, -0.1) is 0 Å². The van der Waals surface area contributed by atoms with Gasteiger partial charge in [0.2, 0.25) is 0 Å². The lowest BCUT2D eigenvalue weighted by Crippen LogP contribution is -2.20. The van der Waals surface area contributed by atoms with Gasteiger partial charge >= 0.3 is 6.18 Å². The van der Waals surface area contributed by atoms with Crippen molar-refractivity contribution in [2.45, 2.75) is 6.18 Å². The van der Waals surface area contributed by atoms with Gasteiger partial charge in [0, 0.05) is 11.1 Å². The molecule has 9 heteroatoms. The fourth-order valence-corrected chi connectivity index (χ4v) is 1.66. The van der Waals surface area contributed by atoms with E-state index in [2.05, 4.69) is 20.3 Å². The predicted molar refractivity (Wildman–Crippen MR) is 73.0 cm³/mol. The molecule has 0 spiro atoms. The smallest absolute Gasteiger partial charge is 0.422 e. The number of nitrogens with zero attached hydrogens (tertiary/aromatic N) is 2. The first-order chi connectivity index (χ1) is 10.3. The van der Waals surface area contributed by atoms with Crippen LogP contribution in [0.1, 0.15) is 10.4 Å². The maximum atomic E-state index is 12.2. The van der Waals surface area contributed by atoms with Crippen LogP contribution in [0.15, 0.2) is 36.7 Å². The molecule has 1 amide bonds. The molecule has 0 unspecified atom stereocenters. The fourth-order valence-electron chi connectivity index (χ4n) is 1.50. The summed E-state index contributed by atoms with van der Waals surface area (Å²) in [7, 11) is 0. The molecule has 0 aliphatic carbocycles.